The fourth-order valence-corrected chi connectivity index (χ4v) is 6.46. The fourth-order valence-electron chi connectivity index (χ4n) is 6.46. The molecule has 3 aliphatic heterocycles. The van der Waals surface area contributed by atoms with Gasteiger partial charge in [0.25, 0.3) is 0 Å². The average Bonchev–Trinajstić information content (AvgIpc) is 3.66. The summed E-state index contributed by atoms with van der Waals surface area (Å²) in [6.07, 6.45) is 11.4. The van der Waals surface area contributed by atoms with Crippen molar-refractivity contribution in [2.45, 2.75) is 71.6 Å². The van der Waals surface area contributed by atoms with E-state index in [1.807, 2.05) is 0 Å². The first-order valence-electron chi connectivity index (χ1n) is 15.1. The summed E-state index contributed by atoms with van der Waals surface area (Å²) in [4.78, 5) is 20.1. The lowest BCUT2D eigenvalue weighted by Crippen LogP contribution is -2.47. The summed E-state index contributed by atoms with van der Waals surface area (Å²) in [5.74, 6) is 4.25. The lowest BCUT2D eigenvalue weighted by atomic mass is 10.0. The molecule has 3 aliphatic rings. The third-order valence-corrected chi connectivity index (χ3v) is 8.62. The fraction of sp³-hybridized carbons (Fsp3) is 0.677. The molecule has 7 nitrogen and oxygen atoms in total. The van der Waals surface area contributed by atoms with Crippen LogP contribution in [0.3, 0.4) is 0 Å². The van der Waals surface area contributed by atoms with Gasteiger partial charge in [0.1, 0.15) is 17.4 Å². The monoisotopic (exact) mass is 520 g/mol. The van der Waals surface area contributed by atoms with Gasteiger partial charge in [-0.05, 0) is 82.0 Å². The van der Waals surface area contributed by atoms with Gasteiger partial charge >= 0.3 is 0 Å². The van der Waals surface area contributed by atoms with E-state index < -0.39 is 0 Å². The van der Waals surface area contributed by atoms with Crippen LogP contribution in [0.5, 0.6) is 5.75 Å². The number of ether oxygens (including phenoxy) is 1. The number of rotatable bonds is 11. The van der Waals surface area contributed by atoms with Crippen molar-refractivity contribution in [3.05, 3.63) is 34.9 Å². The molecule has 0 N–H and O–H groups in total. The number of piperazine rings is 1. The molecule has 5 rings (SSSR count). The van der Waals surface area contributed by atoms with Gasteiger partial charge in [0.05, 0.1) is 7.11 Å². The zero-order valence-corrected chi connectivity index (χ0v) is 24.1. The molecule has 4 heterocycles. The Morgan fingerprint density at radius 1 is 0.658 bits per heavy atom. The Kier molecular flexibility index (Phi) is 9.26. The van der Waals surface area contributed by atoms with Crippen LogP contribution in [-0.2, 0) is 6.42 Å². The van der Waals surface area contributed by atoms with Crippen LogP contribution in [0.25, 0.3) is 0 Å². The van der Waals surface area contributed by atoms with Crippen LogP contribution in [0.1, 0.15) is 68.1 Å². The van der Waals surface area contributed by atoms with E-state index in [0.717, 1.165) is 75.7 Å². The van der Waals surface area contributed by atoms with E-state index in [1.54, 1.807) is 7.11 Å². The van der Waals surface area contributed by atoms with Crippen LogP contribution < -0.4 is 19.4 Å². The van der Waals surface area contributed by atoms with E-state index in [2.05, 4.69) is 51.6 Å². The third kappa shape index (κ3) is 6.71. The van der Waals surface area contributed by atoms with Crippen molar-refractivity contribution in [1.82, 2.24) is 14.9 Å². The Labute approximate surface area is 230 Å². The summed E-state index contributed by atoms with van der Waals surface area (Å²) in [6.45, 7) is 14.4. The number of anilines is 3. The molecular formula is C31H48N6O. The molecule has 3 saturated heterocycles. The van der Waals surface area contributed by atoms with Crippen molar-refractivity contribution in [1.29, 1.82) is 0 Å². The van der Waals surface area contributed by atoms with Gasteiger partial charge < -0.3 is 19.4 Å². The Morgan fingerprint density at radius 3 is 1.82 bits per heavy atom. The number of hydrogen-bond acceptors (Lipinski definition) is 7. The first kappa shape index (κ1) is 27.0. The lowest BCUT2D eigenvalue weighted by molar-refractivity contribution is 0.251. The normalized spacial score (nSPS) is 18.6. The Hall–Kier alpha value is -2.54. The molecule has 1 aromatic carbocycles. The van der Waals surface area contributed by atoms with Gasteiger partial charge in [0, 0.05) is 58.4 Å². The maximum Gasteiger partial charge on any atom is 0.229 e. The molecule has 0 bridgehead atoms. The van der Waals surface area contributed by atoms with E-state index >= 15 is 0 Å². The number of aryl methyl sites for hydroxylation is 3. The minimum absolute atomic E-state index is 0.948. The van der Waals surface area contributed by atoms with Gasteiger partial charge in [0.15, 0.2) is 0 Å². The third-order valence-electron chi connectivity index (χ3n) is 8.62. The highest BCUT2D eigenvalue weighted by molar-refractivity contribution is 5.56. The number of nitrogens with zero attached hydrogens (tertiary/aromatic N) is 6. The Morgan fingerprint density at radius 2 is 1.21 bits per heavy atom. The highest BCUT2D eigenvalue weighted by Crippen LogP contribution is 2.28. The van der Waals surface area contributed by atoms with Crippen LogP contribution in [0.2, 0.25) is 0 Å². The van der Waals surface area contributed by atoms with Crippen molar-refractivity contribution in [3.63, 3.8) is 0 Å². The van der Waals surface area contributed by atoms with E-state index in [9.17, 15) is 0 Å². The minimum atomic E-state index is 0.948. The number of aromatic nitrogens is 2. The molecule has 0 amide bonds. The molecule has 0 atom stereocenters. The maximum absolute atomic E-state index is 5.51. The van der Waals surface area contributed by atoms with Gasteiger partial charge in [-0.1, -0.05) is 25.0 Å². The Balaban J connectivity index is 1.06. The molecule has 0 unspecified atom stereocenters. The van der Waals surface area contributed by atoms with E-state index in [-0.39, 0.29) is 0 Å². The summed E-state index contributed by atoms with van der Waals surface area (Å²) in [5, 5.41) is 0. The number of unbranched alkanes of at least 4 members (excludes halogenated alkanes) is 3. The molecule has 3 fully saturated rings. The number of hydrogen-bond donors (Lipinski definition) is 0. The molecule has 0 spiro atoms. The van der Waals surface area contributed by atoms with E-state index in [0.29, 0.717) is 0 Å². The van der Waals surface area contributed by atoms with Crippen molar-refractivity contribution in [3.8, 4) is 5.75 Å². The van der Waals surface area contributed by atoms with E-state index in [1.165, 1.54) is 81.0 Å². The van der Waals surface area contributed by atoms with Gasteiger partial charge in [0.2, 0.25) is 5.95 Å². The lowest BCUT2D eigenvalue weighted by Gasteiger charge is -2.36. The molecule has 7 heteroatoms. The predicted molar refractivity (Wildman–Crippen MR) is 158 cm³/mol. The summed E-state index contributed by atoms with van der Waals surface area (Å²) >= 11 is 0. The van der Waals surface area contributed by atoms with Gasteiger partial charge in [-0.3, -0.25) is 4.90 Å². The topological polar surface area (TPSA) is 48.0 Å². The van der Waals surface area contributed by atoms with Crippen molar-refractivity contribution < 1.29 is 4.74 Å². The molecule has 2 aromatic rings. The highest BCUT2D eigenvalue weighted by atomic mass is 16.5. The minimum Gasteiger partial charge on any atom is -0.496 e. The molecule has 0 aliphatic carbocycles. The summed E-state index contributed by atoms with van der Waals surface area (Å²) in [7, 11) is 1.77. The standard InChI is InChI=1S/C31H48N6O/c1-25-22-27(23-26(2)30(25)38-3)12-6-4-5-7-13-34-18-20-36(21-19-34)29-24-28(35-14-8-9-15-35)32-31(33-29)37-16-10-11-17-37/h22-24H,4-21H2,1-3H3. The highest BCUT2D eigenvalue weighted by Gasteiger charge is 2.24. The number of benzene rings is 1. The first-order valence-corrected chi connectivity index (χ1v) is 15.1. The molecule has 0 radical (unpaired) electrons. The van der Waals surface area contributed by atoms with E-state index in [4.69, 9.17) is 14.7 Å². The molecular weight excluding hydrogens is 472 g/mol. The maximum atomic E-state index is 5.51. The second-order valence-electron chi connectivity index (χ2n) is 11.5. The van der Waals surface area contributed by atoms with Crippen molar-refractivity contribution in [2.24, 2.45) is 0 Å². The van der Waals surface area contributed by atoms with Gasteiger partial charge in [-0.15, -0.1) is 0 Å². The summed E-state index contributed by atoms with van der Waals surface area (Å²) in [6, 6.07) is 6.85. The molecule has 0 saturated carbocycles. The molecule has 1 aromatic heterocycles. The predicted octanol–water partition coefficient (Wildman–Crippen LogP) is 5.23. The van der Waals surface area contributed by atoms with Crippen molar-refractivity contribution in [2.75, 3.05) is 80.7 Å². The average molecular weight is 521 g/mol. The van der Waals surface area contributed by atoms with Crippen molar-refractivity contribution >= 4 is 17.6 Å². The largest absolute Gasteiger partial charge is 0.496 e. The Bertz CT molecular complexity index is 981. The quantitative estimate of drug-likeness (QED) is 0.376. The summed E-state index contributed by atoms with van der Waals surface area (Å²) < 4.78 is 5.51. The summed E-state index contributed by atoms with van der Waals surface area (Å²) in [5.41, 5.74) is 3.95. The second-order valence-corrected chi connectivity index (χ2v) is 11.5. The van der Waals surface area contributed by atoms with Crippen LogP contribution in [0.4, 0.5) is 17.6 Å². The second kappa shape index (κ2) is 13.0. The smallest absolute Gasteiger partial charge is 0.229 e. The van der Waals surface area contributed by atoms with Crippen LogP contribution in [0.15, 0.2) is 18.2 Å². The molecule has 208 valence electrons. The van der Waals surface area contributed by atoms with Crippen LogP contribution >= 0.6 is 0 Å². The SMILES string of the molecule is COc1c(C)cc(CCCCCCN2CCN(c3cc(N4CCCC4)nc(N4CCCC4)n3)CC2)cc1C. The van der Waals surface area contributed by atoms with Gasteiger partial charge in [-0.2, -0.15) is 9.97 Å². The molecule has 38 heavy (non-hydrogen) atoms. The number of methoxy groups -OCH3 is 1. The zero-order chi connectivity index (χ0) is 26.3. The first-order chi connectivity index (χ1) is 18.6. The zero-order valence-electron chi connectivity index (χ0n) is 24.1. The van der Waals surface area contributed by atoms with Crippen LogP contribution in [0, 0.1) is 13.8 Å². The van der Waals surface area contributed by atoms with Gasteiger partial charge in [-0.25, -0.2) is 0 Å². The van der Waals surface area contributed by atoms with Crippen LogP contribution in [-0.4, -0.2) is 80.9 Å².